The molecule has 4 heterocycles. The molecule has 7 heteroatoms. The molecule has 0 unspecified atom stereocenters. The Morgan fingerprint density at radius 1 is 1.15 bits per heavy atom. The fourth-order valence-electron chi connectivity index (χ4n) is 5.09. The Balaban J connectivity index is 1.38. The summed E-state index contributed by atoms with van der Waals surface area (Å²) in [5, 5.41) is 2.30. The second-order valence-corrected chi connectivity index (χ2v) is 10.9. The number of carbonyl (C=O) groups is 1. The van der Waals surface area contributed by atoms with Crippen molar-refractivity contribution in [3.05, 3.63) is 64.7 Å². The second-order valence-electron chi connectivity index (χ2n) is 10.1. The van der Waals surface area contributed by atoms with Crippen LogP contribution in [-0.4, -0.2) is 46.2 Å². The molecule has 0 radical (unpaired) electrons. The minimum atomic E-state index is -0.477. The SMILES string of the molecule is CC(C)(C)OC(=O)N1CCC2(CC1)CN(Cc1ncc3ccccc3c1Br)c1cnccc12. The highest BCUT2D eigenvalue weighted by Gasteiger charge is 2.45. The third-order valence-corrected chi connectivity index (χ3v) is 7.61. The van der Waals surface area contributed by atoms with E-state index in [4.69, 9.17) is 9.72 Å². The largest absolute Gasteiger partial charge is 0.444 e. The molecule has 0 N–H and O–H groups in total. The second kappa shape index (κ2) is 8.28. The van der Waals surface area contributed by atoms with Gasteiger partial charge in [0.25, 0.3) is 0 Å². The highest BCUT2D eigenvalue weighted by atomic mass is 79.9. The van der Waals surface area contributed by atoms with Gasteiger partial charge in [0.05, 0.1) is 24.1 Å². The first kappa shape index (κ1) is 22.1. The molecule has 1 spiro atoms. The summed E-state index contributed by atoms with van der Waals surface area (Å²) in [7, 11) is 0. The van der Waals surface area contributed by atoms with E-state index in [0.717, 1.165) is 34.9 Å². The maximum absolute atomic E-state index is 12.6. The lowest BCUT2D eigenvalue weighted by molar-refractivity contribution is 0.0170. The van der Waals surface area contributed by atoms with E-state index in [1.165, 1.54) is 16.6 Å². The summed E-state index contributed by atoms with van der Waals surface area (Å²) in [4.78, 5) is 26.0. The molecule has 172 valence electrons. The number of nitrogens with zero attached hydrogens (tertiary/aromatic N) is 4. The molecule has 1 aromatic carbocycles. The zero-order valence-electron chi connectivity index (χ0n) is 19.3. The van der Waals surface area contributed by atoms with Crippen molar-refractivity contribution in [1.82, 2.24) is 14.9 Å². The van der Waals surface area contributed by atoms with Crippen LogP contribution in [0.3, 0.4) is 0 Å². The van der Waals surface area contributed by atoms with Crippen LogP contribution in [0.1, 0.15) is 44.9 Å². The molecule has 1 fully saturated rings. The third-order valence-electron chi connectivity index (χ3n) is 6.73. The molecule has 1 saturated heterocycles. The Bertz CT molecular complexity index is 1200. The van der Waals surface area contributed by atoms with Crippen molar-refractivity contribution in [2.75, 3.05) is 24.5 Å². The molecule has 1 amide bonds. The molecule has 33 heavy (non-hydrogen) atoms. The summed E-state index contributed by atoms with van der Waals surface area (Å²) in [5.74, 6) is 0. The number of carbonyl (C=O) groups excluding carboxylic acids is 1. The quantitative estimate of drug-likeness (QED) is 0.445. The van der Waals surface area contributed by atoms with Crippen molar-refractivity contribution in [3.8, 4) is 0 Å². The molecule has 6 nitrogen and oxygen atoms in total. The Labute approximate surface area is 203 Å². The van der Waals surface area contributed by atoms with Crippen molar-refractivity contribution in [3.63, 3.8) is 0 Å². The number of halogens is 1. The number of piperidine rings is 1. The van der Waals surface area contributed by atoms with Crippen LogP contribution in [0.5, 0.6) is 0 Å². The number of pyridine rings is 2. The van der Waals surface area contributed by atoms with Gasteiger partial charge in [0.2, 0.25) is 0 Å². The van der Waals surface area contributed by atoms with E-state index in [-0.39, 0.29) is 11.5 Å². The van der Waals surface area contributed by atoms with E-state index in [1.54, 1.807) is 0 Å². The number of aromatic nitrogens is 2. The molecule has 3 aromatic rings. The van der Waals surface area contributed by atoms with Gasteiger partial charge in [-0.25, -0.2) is 4.79 Å². The van der Waals surface area contributed by atoms with Gasteiger partial charge in [-0.05, 0) is 66.6 Å². The normalized spacial score (nSPS) is 17.5. The van der Waals surface area contributed by atoms with E-state index in [2.05, 4.69) is 50.1 Å². The minimum absolute atomic E-state index is 0.0140. The topological polar surface area (TPSA) is 58.6 Å². The van der Waals surface area contributed by atoms with E-state index < -0.39 is 5.60 Å². The molecule has 2 aliphatic rings. The zero-order valence-corrected chi connectivity index (χ0v) is 20.9. The van der Waals surface area contributed by atoms with E-state index >= 15 is 0 Å². The third kappa shape index (κ3) is 4.19. The smallest absolute Gasteiger partial charge is 0.410 e. The van der Waals surface area contributed by atoms with E-state index in [0.29, 0.717) is 19.6 Å². The van der Waals surface area contributed by atoms with Crippen LogP contribution in [0.15, 0.2) is 53.4 Å². The number of benzene rings is 1. The van der Waals surface area contributed by atoms with Gasteiger partial charge in [0.15, 0.2) is 0 Å². The zero-order chi connectivity index (χ0) is 23.2. The highest BCUT2D eigenvalue weighted by Crippen LogP contribution is 2.47. The predicted molar refractivity (Wildman–Crippen MR) is 133 cm³/mol. The lowest BCUT2D eigenvalue weighted by Crippen LogP contribution is -2.48. The van der Waals surface area contributed by atoms with Gasteiger partial charge >= 0.3 is 6.09 Å². The number of hydrogen-bond donors (Lipinski definition) is 0. The van der Waals surface area contributed by atoms with Gasteiger partial charge in [0.1, 0.15) is 5.60 Å². The molecule has 5 rings (SSSR count). The van der Waals surface area contributed by atoms with Crippen molar-refractivity contribution in [2.45, 2.75) is 51.2 Å². The van der Waals surface area contributed by atoms with Crippen LogP contribution < -0.4 is 4.90 Å². The van der Waals surface area contributed by atoms with Gasteiger partial charge in [-0.15, -0.1) is 0 Å². The molecule has 2 aromatic heterocycles. The molecule has 0 aliphatic carbocycles. The first-order valence-corrected chi connectivity index (χ1v) is 12.2. The summed E-state index contributed by atoms with van der Waals surface area (Å²) >= 11 is 3.80. The van der Waals surface area contributed by atoms with Crippen LogP contribution >= 0.6 is 15.9 Å². The first-order valence-electron chi connectivity index (χ1n) is 11.5. The summed E-state index contributed by atoms with van der Waals surface area (Å²) in [5.41, 5.74) is 3.06. The number of ether oxygens (including phenoxy) is 1. The maximum Gasteiger partial charge on any atom is 0.410 e. The lowest BCUT2D eigenvalue weighted by Gasteiger charge is -2.40. The highest BCUT2D eigenvalue weighted by molar-refractivity contribution is 9.10. The maximum atomic E-state index is 12.6. The minimum Gasteiger partial charge on any atom is -0.444 e. The van der Waals surface area contributed by atoms with Crippen LogP contribution in [0.2, 0.25) is 0 Å². The summed E-state index contributed by atoms with van der Waals surface area (Å²) in [6.07, 6.45) is 7.41. The molecule has 2 aliphatic heterocycles. The number of hydrogen-bond acceptors (Lipinski definition) is 5. The van der Waals surface area contributed by atoms with Crippen molar-refractivity contribution < 1.29 is 9.53 Å². The number of likely N-dealkylation sites (tertiary alicyclic amines) is 1. The number of fused-ring (bicyclic) bond motifs is 3. The fraction of sp³-hybridized carbons (Fsp3) is 0.423. The van der Waals surface area contributed by atoms with Gasteiger partial charge in [-0.2, -0.15) is 0 Å². The predicted octanol–water partition coefficient (Wildman–Crippen LogP) is 5.68. The van der Waals surface area contributed by atoms with Crippen LogP contribution in [-0.2, 0) is 16.7 Å². The monoisotopic (exact) mass is 508 g/mol. The average Bonchev–Trinajstić information content (AvgIpc) is 3.08. The molecule has 0 bridgehead atoms. The number of anilines is 1. The fourth-order valence-corrected chi connectivity index (χ4v) is 5.68. The van der Waals surface area contributed by atoms with Crippen molar-refractivity contribution >= 4 is 38.5 Å². The van der Waals surface area contributed by atoms with Crippen molar-refractivity contribution in [2.24, 2.45) is 0 Å². The Morgan fingerprint density at radius 2 is 1.91 bits per heavy atom. The number of amides is 1. The molecule has 0 atom stereocenters. The molecular formula is C26H29BrN4O2. The average molecular weight is 509 g/mol. The first-order chi connectivity index (χ1) is 15.8. The summed E-state index contributed by atoms with van der Waals surface area (Å²) in [6, 6.07) is 10.4. The Morgan fingerprint density at radius 3 is 2.67 bits per heavy atom. The van der Waals surface area contributed by atoms with E-state index in [9.17, 15) is 4.79 Å². The summed E-state index contributed by atoms with van der Waals surface area (Å²) in [6.45, 7) is 8.73. The number of rotatable bonds is 2. The van der Waals surface area contributed by atoms with Crippen LogP contribution in [0.4, 0.5) is 10.5 Å². The standard InChI is InChI=1S/C26H29BrN4O2/c1-25(2,3)33-24(32)30-12-9-26(10-13-30)17-31(22-15-28-11-8-20(22)26)16-21-23(27)19-7-5-4-6-18(19)14-29-21/h4-8,11,14-15H,9-10,12-13,16-17H2,1-3H3. The molecular weight excluding hydrogens is 480 g/mol. The Hall–Kier alpha value is -2.67. The van der Waals surface area contributed by atoms with Gasteiger partial charge in [-0.3, -0.25) is 9.97 Å². The van der Waals surface area contributed by atoms with Gasteiger partial charge in [0, 0.05) is 47.3 Å². The molecule has 0 saturated carbocycles. The lowest BCUT2D eigenvalue weighted by atomic mass is 9.74. The van der Waals surface area contributed by atoms with Crippen LogP contribution in [0, 0.1) is 0 Å². The van der Waals surface area contributed by atoms with Gasteiger partial charge < -0.3 is 14.5 Å². The van der Waals surface area contributed by atoms with Crippen LogP contribution in [0.25, 0.3) is 10.8 Å². The van der Waals surface area contributed by atoms with E-state index in [1.807, 2.05) is 50.3 Å². The Kier molecular flexibility index (Phi) is 5.55. The van der Waals surface area contributed by atoms with Gasteiger partial charge in [-0.1, -0.05) is 24.3 Å². The van der Waals surface area contributed by atoms with Crippen molar-refractivity contribution in [1.29, 1.82) is 0 Å². The summed E-state index contributed by atoms with van der Waals surface area (Å²) < 4.78 is 6.65.